The highest BCUT2D eigenvalue weighted by Gasteiger charge is 2.19. The monoisotopic (exact) mass is 452 g/mol. The lowest BCUT2D eigenvalue weighted by molar-refractivity contribution is 0.295. The van der Waals surface area contributed by atoms with Crippen molar-refractivity contribution in [2.24, 2.45) is 11.8 Å². The molecule has 3 aromatic rings. The van der Waals surface area contributed by atoms with Crippen LogP contribution in [0.2, 0.25) is 0 Å². The van der Waals surface area contributed by atoms with Crippen molar-refractivity contribution in [1.29, 1.82) is 0 Å². The molecule has 0 N–H and O–H groups in total. The molecule has 3 aromatic carbocycles. The maximum atomic E-state index is 15.2. The summed E-state index contributed by atoms with van der Waals surface area (Å²) in [7, 11) is 0. The maximum Gasteiger partial charge on any atom is 0.134 e. The summed E-state index contributed by atoms with van der Waals surface area (Å²) in [5.41, 5.74) is 4.16. The summed E-state index contributed by atoms with van der Waals surface area (Å²) in [6.45, 7) is 6.16. The Morgan fingerprint density at radius 1 is 0.882 bits per heavy atom. The molecule has 0 aromatic heterocycles. The first-order valence-electron chi connectivity index (χ1n) is 13.1. The number of hydrogen-bond acceptors (Lipinski definition) is 0. The zero-order valence-corrected chi connectivity index (χ0v) is 20.6. The highest BCUT2D eigenvalue weighted by molar-refractivity contribution is 5.85. The van der Waals surface area contributed by atoms with E-state index in [9.17, 15) is 0 Å². The fourth-order valence-corrected chi connectivity index (χ4v) is 5.16. The van der Waals surface area contributed by atoms with Crippen molar-refractivity contribution in [1.82, 2.24) is 0 Å². The highest BCUT2D eigenvalue weighted by Crippen LogP contribution is 2.33. The molecule has 0 aliphatic heterocycles. The van der Waals surface area contributed by atoms with Crippen molar-refractivity contribution in [3.8, 4) is 11.8 Å². The largest absolute Gasteiger partial charge is 0.206 e. The molecule has 0 amide bonds. The number of fused-ring (bicyclic) bond motifs is 1. The van der Waals surface area contributed by atoms with E-state index in [4.69, 9.17) is 0 Å². The van der Waals surface area contributed by atoms with Gasteiger partial charge in [-0.2, -0.15) is 0 Å². The molecule has 0 radical (unpaired) electrons. The Morgan fingerprint density at radius 2 is 1.62 bits per heavy atom. The smallest absolute Gasteiger partial charge is 0.134 e. The molecule has 1 saturated carbocycles. The van der Waals surface area contributed by atoms with Gasteiger partial charge in [-0.15, -0.1) is 6.58 Å². The minimum absolute atomic E-state index is 0.0598. The van der Waals surface area contributed by atoms with Crippen LogP contribution in [0.5, 0.6) is 0 Å². The van der Waals surface area contributed by atoms with E-state index in [0.717, 1.165) is 41.3 Å². The first kappa shape index (κ1) is 24.3. The molecule has 176 valence electrons. The Morgan fingerprint density at radius 3 is 2.35 bits per heavy atom. The molecule has 1 heteroatoms. The fourth-order valence-electron chi connectivity index (χ4n) is 5.16. The number of halogens is 1. The van der Waals surface area contributed by atoms with Crippen molar-refractivity contribution in [2.75, 3.05) is 0 Å². The second-order valence-electron chi connectivity index (χ2n) is 9.93. The molecular formula is C33H37F. The third-order valence-electron chi connectivity index (χ3n) is 7.45. The van der Waals surface area contributed by atoms with E-state index in [1.165, 1.54) is 50.5 Å². The average molecular weight is 453 g/mol. The van der Waals surface area contributed by atoms with Crippen LogP contribution < -0.4 is 0 Å². The quantitative estimate of drug-likeness (QED) is 0.182. The lowest BCUT2D eigenvalue weighted by atomic mass is 9.79. The van der Waals surface area contributed by atoms with Gasteiger partial charge in [0.2, 0.25) is 0 Å². The van der Waals surface area contributed by atoms with Crippen molar-refractivity contribution >= 4 is 10.8 Å². The Bertz CT molecular complexity index is 1150. The molecule has 0 nitrogen and oxygen atoms in total. The summed E-state index contributed by atoms with van der Waals surface area (Å²) in [4.78, 5) is 0. The van der Waals surface area contributed by atoms with Crippen LogP contribution >= 0.6 is 0 Å². The Balaban J connectivity index is 1.39. The van der Waals surface area contributed by atoms with E-state index < -0.39 is 0 Å². The van der Waals surface area contributed by atoms with Gasteiger partial charge in [0.15, 0.2) is 0 Å². The zero-order chi connectivity index (χ0) is 23.8. The van der Waals surface area contributed by atoms with Crippen LogP contribution in [0.15, 0.2) is 67.3 Å². The van der Waals surface area contributed by atoms with Crippen molar-refractivity contribution < 1.29 is 4.39 Å². The van der Waals surface area contributed by atoms with E-state index in [1.54, 1.807) is 0 Å². The number of rotatable bonds is 8. The van der Waals surface area contributed by atoms with Crippen LogP contribution in [-0.4, -0.2) is 0 Å². The van der Waals surface area contributed by atoms with Gasteiger partial charge in [-0.05, 0) is 104 Å². The van der Waals surface area contributed by atoms with Gasteiger partial charge in [0.05, 0.1) is 0 Å². The molecular weight excluding hydrogens is 415 g/mol. The number of unbranched alkanes of at least 4 members (excludes halogenated alkanes) is 2. The van der Waals surface area contributed by atoms with E-state index in [1.807, 2.05) is 24.3 Å². The lowest BCUT2D eigenvalue weighted by Crippen LogP contribution is -2.13. The highest BCUT2D eigenvalue weighted by atomic mass is 19.1. The van der Waals surface area contributed by atoms with Gasteiger partial charge >= 0.3 is 0 Å². The third kappa shape index (κ3) is 6.38. The molecule has 0 spiro atoms. The predicted octanol–water partition coefficient (Wildman–Crippen LogP) is 9.04. The second-order valence-corrected chi connectivity index (χ2v) is 9.93. The SMILES string of the molecule is C=CC1CCC(CCc2ccc3cc(C#Cc4ccc(CCCCC)cc4)ccc3c2F)CC1. The zero-order valence-electron chi connectivity index (χ0n) is 20.6. The molecule has 4 rings (SSSR count). The molecule has 0 bridgehead atoms. The normalized spacial score (nSPS) is 17.8. The number of aryl methyl sites for hydroxylation is 2. The van der Waals surface area contributed by atoms with Crippen LogP contribution in [-0.2, 0) is 12.8 Å². The summed E-state index contributed by atoms with van der Waals surface area (Å²) in [6.07, 6.45) is 13.9. The summed E-state index contributed by atoms with van der Waals surface area (Å²) in [5, 5.41) is 1.63. The fraction of sp³-hybridized carbons (Fsp3) is 0.394. The Labute approximate surface area is 205 Å². The number of allylic oxidation sites excluding steroid dienone is 1. The first-order valence-corrected chi connectivity index (χ1v) is 13.1. The summed E-state index contributed by atoms with van der Waals surface area (Å²) in [6, 6.07) is 18.4. The van der Waals surface area contributed by atoms with Gasteiger partial charge < -0.3 is 0 Å². The summed E-state index contributed by atoms with van der Waals surface area (Å²) < 4.78 is 15.2. The van der Waals surface area contributed by atoms with Gasteiger partial charge in [0, 0.05) is 16.5 Å². The van der Waals surface area contributed by atoms with Gasteiger partial charge in [-0.3, -0.25) is 0 Å². The van der Waals surface area contributed by atoms with E-state index in [0.29, 0.717) is 17.2 Å². The molecule has 1 aliphatic rings. The van der Waals surface area contributed by atoms with Crippen molar-refractivity contribution in [3.05, 3.63) is 95.3 Å². The van der Waals surface area contributed by atoms with Gasteiger partial charge in [-0.25, -0.2) is 4.39 Å². The average Bonchev–Trinajstić information content (AvgIpc) is 2.88. The molecule has 1 aliphatic carbocycles. The summed E-state index contributed by atoms with van der Waals surface area (Å²) in [5.74, 6) is 7.85. The van der Waals surface area contributed by atoms with E-state index in [2.05, 4.69) is 61.8 Å². The van der Waals surface area contributed by atoms with Gasteiger partial charge in [0.25, 0.3) is 0 Å². The standard InChI is InChI=1S/C33H37F/c1-3-5-6-7-26-12-14-27(15-13-26)16-17-29-19-23-32-31(24-29)22-21-30(33(32)34)20-18-28-10-8-25(4-2)9-11-28/h4,12-15,19,21-25,28H,2-3,5-11,18,20H2,1H3. The topological polar surface area (TPSA) is 0 Å². The maximum absolute atomic E-state index is 15.2. The molecule has 0 atom stereocenters. The van der Waals surface area contributed by atoms with Crippen LogP contribution in [0.3, 0.4) is 0 Å². The lowest BCUT2D eigenvalue weighted by Gasteiger charge is -2.26. The number of benzene rings is 3. The van der Waals surface area contributed by atoms with Crippen molar-refractivity contribution in [2.45, 2.75) is 71.1 Å². The van der Waals surface area contributed by atoms with Gasteiger partial charge in [0.1, 0.15) is 5.82 Å². The molecule has 0 heterocycles. The van der Waals surface area contributed by atoms with Crippen molar-refractivity contribution in [3.63, 3.8) is 0 Å². The Hall–Kier alpha value is -2.85. The van der Waals surface area contributed by atoms with Crippen LogP contribution in [0.4, 0.5) is 4.39 Å². The van der Waals surface area contributed by atoms with Gasteiger partial charge in [-0.1, -0.05) is 68.0 Å². The summed E-state index contributed by atoms with van der Waals surface area (Å²) >= 11 is 0. The van der Waals surface area contributed by atoms with Crippen LogP contribution in [0.25, 0.3) is 10.8 Å². The minimum atomic E-state index is -0.0598. The molecule has 1 fully saturated rings. The van der Waals surface area contributed by atoms with E-state index >= 15 is 4.39 Å². The first-order chi connectivity index (χ1) is 16.7. The molecule has 34 heavy (non-hydrogen) atoms. The van der Waals surface area contributed by atoms with Crippen LogP contribution in [0.1, 0.15) is 80.5 Å². The third-order valence-corrected chi connectivity index (χ3v) is 7.45. The minimum Gasteiger partial charge on any atom is -0.206 e. The number of hydrogen-bond donors (Lipinski definition) is 0. The predicted molar refractivity (Wildman–Crippen MR) is 144 cm³/mol. The molecule has 0 unspecified atom stereocenters. The molecule has 0 saturated heterocycles. The second kappa shape index (κ2) is 12.0. The Kier molecular flexibility index (Phi) is 8.59. The van der Waals surface area contributed by atoms with Crippen LogP contribution in [0, 0.1) is 29.5 Å². The van der Waals surface area contributed by atoms with E-state index in [-0.39, 0.29) is 5.82 Å².